The number of nitrogens with zero attached hydrogens (tertiary/aromatic N) is 1. The molecule has 0 saturated carbocycles. The van der Waals surface area contributed by atoms with Crippen molar-refractivity contribution >= 4 is 81.9 Å². The summed E-state index contributed by atoms with van der Waals surface area (Å²) in [5.41, 5.74) is 22.7. The summed E-state index contributed by atoms with van der Waals surface area (Å²) < 4.78 is 0. The van der Waals surface area contributed by atoms with Crippen molar-refractivity contribution < 1.29 is 72.9 Å². The second-order valence-corrected chi connectivity index (χ2v) is 18.5. The highest BCUT2D eigenvalue weighted by Crippen LogP contribution is 2.23. The minimum Gasteiger partial charge on any atom is -0.480 e. The van der Waals surface area contributed by atoms with Gasteiger partial charge in [-0.05, 0) is 63.5 Å². The van der Waals surface area contributed by atoms with Crippen LogP contribution < -0.4 is 60.2 Å². The van der Waals surface area contributed by atoms with Crippen LogP contribution in [0.3, 0.4) is 0 Å². The molecule has 0 spiro atoms. The first-order chi connectivity index (χ1) is 34.7. The summed E-state index contributed by atoms with van der Waals surface area (Å²) in [5, 5.41) is 47.6. The molecule has 0 radical (unpaired) electrons. The van der Waals surface area contributed by atoms with Crippen molar-refractivity contribution in [1.29, 1.82) is 0 Å². The molecule has 1 aromatic heterocycles. The van der Waals surface area contributed by atoms with E-state index in [1.165, 1.54) is 11.8 Å². The molecule has 3 rings (SSSR count). The number of carbonyl (C=O) groups is 12. The number of aromatic amines is 1. The molecule has 1 fully saturated rings. The fourth-order valence-corrected chi connectivity index (χ4v) is 7.97. The van der Waals surface area contributed by atoms with Gasteiger partial charge in [0.2, 0.25) is 65.0 Å². The molecule has 1 aliphatic heterocycles. The van der Waals surface area contributed by atoms with Crippen LogP contribution in [0.15, 0.2) is 30.5 Å². The second kappa shape index (κ2) is 28.5. The van der Waals surface area contributed by atoms with E-state index in [-0.39, 0.29) is 57.4 Å². The Morgan fingerprint density at radius 3 is 1.88 bits per heavy atom. The van der Waals surface area contributed by atoms with E-state index in [0.717, 1.165) is 12.4 Å². The Hall–Kier alpha value is -7.72. The fourth-order valence-electron chi connectivity index (χ4n) is 7.97. The van der Waals surface area contributed by atoms with Crippen LogP contribution in [0.4, 0.5) is 0 Å². The van der Waals surface area contributed by atoms with Crippen LogP contribution in [0.25, 0.3) is 10.9 Å². The van der Waals surface area contributed by atoms with Gasteiger partial charge >= 0.3 is 5.97 Å². The van der Waals surface area contributed by atoms with E-state index in [1.54, 1.807) is 44.3 Å². The maximum Gasteiger partial charge on any atom is 0.328 e. The highest BCUT2D eigenvalue weighted by Gasteiger charge is 2.41. The molecule has 2 heterocycles. The quantitative estimate of drug-likeness (QED) is 0.0347. The van der Waals surface area contributed by atoms with E-state index in [4.69, 9.17) is 22.9 Å². The number of likely N-dealkylation sites (tertiary alicyclic amines) is 1. The van der Waals surface area contributed by atoms with E-state index in [1.807, 2.05) is 0 Å². The van der Waals surface area contributed by atoms with Crippen LogP contribution in [0.2, 0.25) is 0 Å². The lowest BCUT2D eigenvalue weighted by molar-refractivity contribution is -0.145. The van der Waals surface area contributed by atoms with Gasteiger partial charge in [-0.3, -0.25) is 52.7 Å². The number of aliphatic hydroxyl groups is 2. The number of fused-ring (bicyclic) bond motifs is 1. The molecule has 1 aromatic carbocycles. The second-order valence-electron chi connectivity index (χ2n) is 18.5. The number of aliphatic hydroxyl groups excluding tert-OH is 2. The van der Waals surface area contributed by atoms with Crippen molar-refractivity contribution in [2.45, 2.75) is 146 Å². The Balaban J connectivity index is 1.77. The normalized spacial score (nSPS) is 16.9. The lowest BCUT2D eigenvalue weighted by Gasteiger charge is -2.32. The van der Waals surface area contributed by atoms with Gasteiger partial charge in [0, 0.05) is 42.9 Å². The zero-order valence-electron chi connectivity index (χ0n) is 41.5. The lowest BCUT2D eigenvalue weighted by Crippen LogP contribution is -2.61. The number of amides is 11. The van der Waals surface area contributed by atoms with Crippen molar-refractivity contribution in [3.05, 3.63) is 36.0 Å². The van der Waals surface area contributed by atoms with E-state index in [9.17, 15) is 72.9 Å². The number of aromatic nitrogens is 1. The summed E-state index contributed by atoms with van der Waals surface area (Å²) in [6, 6.07) is -4.94. The Morgan fingerprint density at radius 1 is 0.689 bits per heavy atom. The molecule has 2 aromatic rings. The van der Waals surface area contributed by atoms with E-state index < -0.39 is 144 Å². The van der Waals surface area contributed by atoms with Crippen LogP contribution in [0.5, 0.6) is 0 Å². The molecule has 1 saturated heterocycles. The van der Waals surface area contributed by atoms with Crippen molar-refractivity contribution in [2.24, 2.45) is 28.9 Å². The minimum absolute atomic E-state index is 0.0152. The SMILES string of the molecule is CC(C)C[C@H](NC(=O)[C@@H](NC(=O)[C@H](CC(N)=O)NC(=O)CNC(=O)[C@H](CCC(N)=O)NC(=O)[C@@H](N)CCC(N)=O)[C@@H](C)O)C(=O)N1CCC[C@H]1C(=O)N[C@@H](Cc1c[nH]c2ccccc12)C(=O)N[C@H](C(=O)O)[C@@H](C)O. The molecule has 19 N–H and O–H groups in total. The van der Waals surface area contributed by atoms with Crippen molar-refractivity contribution in [3.63, 3.8) is 0 Å². The van der Waals surface area contributed by atoms with Gasteiger partial charge in [0.05, 0.1) is 31.2 Å². The van der Waals surface area contributed by atoms with Gasteiger partial charge in [-0.15, -0.1) is 0 Å². The summed E-state index contributed by atoms with van der Waals surface area (Å²) in [5.74, 6) is -12.2. The largest absolute Gasteiger partial charge is 0.480 e. The number of carbonyl (C=O) groups excluding carboxylic acids is 11. The number of hydrogen-bond donors (Lipinski definition) is 15. The zero-order valence-corrected chi connectivity index (χ0v) is 41.5. The highest BCUT2D eigenvalue weighted by atomic mass is 16.4. The first-order valence-electron chi connectivity index (χ1n) is 23.8. The summed E-state index contributed by atoms with van der Waals surface area (Å²) in [7, 11) is 0. The first kappa shape index (κ1) is 60.6. The van der Waals surface area contributed by atoms with Gasteiger partial charge in [-0.1, -0.05) is 32.0 Å². The van der Waals surface area contributed by atoms with E-state index in [0.29, 0.717) is 17.4 Å². The monoisotopic (exact) mass is 1040 g/mol. The van der Waals surface area contributed by atoms with E-state index >= 15 is 0 Å². The van der Waals surface area contributed by atoms with Crippen LogP contribution in [-0.4, -0.2) is 170 Å². The third-order valence-corrected chi connectivity index (χ3v) is 11.8. The molecule has 0 unspecified atom stereocenters. The molecule has 28 nitrogen and oxygen atoms in total. The number of carboxylic acid groups (broad SMARTS) is 1. The molecule has 0 bridgehead atoms. The van der Waals surface area contributed by atoms with Crippen molar-refractivity contribution in [3.8, 4) is 0 Å². The Labute approximate surface area is 424 Å². The molecule has 408 valence electrons. The molecular formula is C46H69N13O15. The molecule has 28 heteroatoms. The van der Waals surface area contributed by atoms with Crippen molar-refractivity contribution in [1.82, 2.24) is 47.1 Å². The van der Waals surface area contributed by atoms with Crippen LogP contribution in [0.1, 0.15) is 84.6 Å². The minimum atomic E-state index is -1.83. The summed E-state index contributed by atoms with van der Waals surface area (Å²) in [4.78, 5) is 159. The molecular weight excluding hydrogens is 975 g/mol. The number of nitrogens with one attached hydrogen (secondary N) is 8. The van der Waals surface area contributed by atoms with Gasteiger partial charge in [-0.2, -0.15) is 0 Å². The average molecular weight is 1040 g/mol. The van der Waals surface area contributed by atoms with Crippen LogP contribution in [0, 0.1) is 5.92 Å². The topological polar surface area (TPSA) is 473 Å². The lowest BCUT2D eigenvalue weighted by atomic mass is 10.0. The van der Waals surface area contributed by atoms with E-state index in [2.05, 4.69) is 42.2 Å². The standard InChI is InChI=1S/C46H69N13O15/c1-21(2)16-31(45(72)59-15-7-10-32(59)43(70)55-29(41(68)58-38(23(4)61)46(73)74)17-24-19-51-27-9-6-5-8-25(24)27)56-44(71)37(22(3)60)57-42(69)30(18-35(50)64)53-36(65)20-52-40(67)28(12-14-34(49)63)54-39(66)26(47)11-13-33(48)62/h5-6,8-9,19,21-23,26,28-32,37-38,51,60-61H,7,10-18,20,47H2,1-4H3,(H2,48,62)(H2,49,63)(H2,50,64)(H,52,67)(H,53,65)(H,54,66)(H,55,70)(H,56,71)(H,57,69)(H,58,68)(H,73,74)/t22-,23-,26+,28+,29+,30+,31+,32+,37+,38+/m1/s1. The number of aliphatic carboxylic acids is 1. The number of nitrogens with two attached hydrogens (primary N) is 4. The third kappa shape index (κ3) is 18.7. The smallest absolute Gasteiger partial charge is 0.328 e. The van der Waals surface area contributed by atoms with Crippen molar-refractivity contribution in [2.75, 3.05) is 13.1 Å². The summed E-state index contributed by atoms with van der Waals surface area (Å²) in [6.45, 7) is 4.93. The summed E-state index contributed by atoms with van der Waals surface area (Å²) >= 11 is 0. The Morgan fingerprint density at radius 2 is 1.28 bits per heavy atom. The first-order valence-corrected chi connectivity index (χ1v) is 23.8. The number of benzene rings is 1. The molecule has 0 aliphatic carbocycles. The van der Waals surface area contributed by atoms with Gasteiger partial charge in [0.1, 0.15) is 36.3 Å². The average Bonchev–Trinajstić information content (AvgIpc) is 3.98. The molecule has 11 amide bonds. The van der Waals surface area contributed by atoms with Crippen LogP contribution >= 0.6 is 0 Å². The number of H-pyrrole nitrogens is 1. The number of primary amides is 3. The summed E-state index contributed by atoms with van der Waals surface area (Å²) in [6.07, 6.45) is -3.25. The maximum absolute atomic E-state index is 14.4. The predicted octanol–water partition coefficient (Wildman–Crippen LogP) is -5.65. The molecule has 10 atom stereocenters. The number of rotatable bonds is 30. The van der Waals surface area contributed by atoms with Gasteiger partial charge in [0.25, 0.3) is 0 Å². The Bertz CT molecular complexity index is 2390. The molecule has 1 aliphatic rings. The van der Waals surface area contributed by atoms with Crippen LogP contribution in [-0.2, 0) is 64.0 Å². The highest BCUT2D eigenvalue weighted by molar-refractivity contribution is 5.99. The fraction of sp³-hybridized carbons (Fsp3) is 0.565. The zero-order chi connectivity index (χ0) is 55.6. The van der Waals surface area contributed by atoms with Gasteiger partial charge in [0.15, 0.2) is 6.04 Å². The van der Waals surface area contributed by atoms with Gasteiger partial charge in [-0.25, -0.2) is 4.79 Å². The molecule has 74 heavy (non-hydrogen) atoms. The van der Waals surface area contributed by atoms with Gasteiger partial charge < -0.3 is 85.4 Å². The maximum atomic E-state index is 14.4. The Kier molecular flexibility index (Phi) is 23.3. The predicted molar refractivity (Wildman–Crippen MR) is 260 cm³/mol. The number of carboxylic acids is 1. The third-order valence-electron chi connectivity index (χ3n) is 11.8. The number of hydrogen-bond acceptors (Lipinski definition) is 15. The number of para-hydroxylation sites is 1.